The molecule has 0 aliphatic heterocycles. The fraction of sp³-hybridized carbons (Fsp3) is 0.769. The molecule has 0 aliphatic rings. The van der Waals surface area contributed by atoms with E-state index in [-0.39, 0.29) is 0 Å². The Morgan fingerprint density at radius 2 is 2.24 bits per heavy atom. The summed E-state index contributed by atoms with van der Waals surface area (Å²) in [6.07, 6.45) is 2.27. The number of hydrogen-bond acceptors (Lipinski definition) is 3. The van der Waals surface area contributed by atoms with Gasteiger partial charge in [0.1, 0.15) is 0 Å². The number of thioether (sulfide) groups is 1. The van der Waals surface area contributed by atoms with Crippen molar-refractivity contribution in [2.75, 3.05) is 18.1 Å². The average molecular weight is 255 g/mol. The maximum Gasteiger partial charge on any atom is 0.0596 e. The van der Waals surface area contributed by atoms with Gasteiger partial charge in [-0.2, -0.15) is 16.9 Å². The Kier molecular flexibility index (Phi) is 6.66. The van der Waals surface area contributed by atoms with Crippen molar-refractivity contribution in [3.63, 3.8) is 0 Å². The van der Waals surface area contributed by atoms with Gasteiger partial charge >= 0.3 is 0 Å². The monoisotopic (exact) mass is 255 g/mol. The second kappa shape index (κ2) is 7.77. The summed E-state index contributed by atoms with van der Waals surface area (Å²) in [6, 6.07) is 2.76. The van der Waals surface area contributed by atoms with Crippen molar-refractivity contribution in [2.45, 2.75) is 39.7 Å². The molecule has 1 aromatic rings. The Hall–Kier alpha value is -0.480. The van der Waals surface area contributed by atoms with Crippen LogP contribution in [0.1, 0.15) is 31.7 Å². The molecule has 98 valence electrons. The minimum Gasteiger partial charge on any atom is -0.313 e. The zero-order chi connectivity index (χ0) is 12.7. The van der Waals surface area contributed by atoms with Crippen LogP contribution in [0, 0.1) is 6.92 Å². The molecular formula is C13H25N3S. The minimum absolute atomic E-state index is 0.565. The van der Waals surface area contributed by atoms with Crippen LogP contribution in [-0.2, 0) is 13.5 Å². The third-order valence-electron chi connectivity index (χ3n) is 2.76. The van der Waals surface area contributed by atoms with Crippen LogP contribution in [0.5, 0.6) is 0 Å². The second-order valence-electron chi connectivity index (χ2n) is 4.42. The van der Waals surface area contributed by atoms with Gasteiger partial charge in [0.2, 0.25) is 0 Å². The normalized spacial score (nSPS) is 12.9. The van der Waals surface area contributed by atoms with Gasteiger partial charge in [0, 0.05) is 31.0 Å². The molecule has 1 heterocycles. The van der Waals surface area contributed by atoms with Gasteiger partial charge in [-0.15, -0.1) is 0 Å². The highest BCUT2D eigenvalue weighted by molar-refractivity contribution is 7.99. The number of nitrogens with one attached hydrogen (secondary N) is 1. The van der Waals surface area contributed by atoms with Crippen LogP contribution in [0.2, 0.25) is 0 Å². The Bertz CT molecular complexity index is 314. The smallest absolute Gasteiger partial charge is 0.0596 e. The van der Waals surface area contributed by atoms with Gasteiger partial charge in [0.05, 0.1) is 5.69 Å². The van der Waals surface area contributed by atoms with Crippen LogP contribution in [0.3, 0.4) is 0 Å². The Labute approximate surface area is 109 Å². The quantitative estimate of drug-likeness (QED) is 0.773. The van der Waals surface area contributed by atoms with Gasteiger partial charge in [-0.05, 0) is 31.7 Å². The van der Waals surface area contributed by atoms with Gasteiger partial charge < -0.3 is 5.32 Å². The summed E-state index contributed by atoms with van der Waals surface area (Å²) in [5.74, 6) is 2.37. The zero-order valence-electron chi connectivity index (χ0n) is 11.5. The molecule has 0 aromatic carbocycles. The van der Waals surface area contributed by atoms with Crippen LogP contribution in [-0.4, -0.2) is 33.9 Å². The van der Waals surface area contributed by atoms with E-state index >= 15 is 0 Å². The molecule has 1 rings (SSSR count). The molecule has 0 bridgehead atoms. The van der Waals surface area contributed by atoms with Crippen LogP contribution in [0.15, 0.2) is 6.07 Å². The molecule has 1 aromatic heterocycles. The standard InChI is InChI=1S/C13H25N3S/c1-5-7-14-12(10-17-6-2)9-13-8-11(3)15-16(13)4/h8,12,14H,5-7,9-10H2,1-4H3. The molecule has 3 nitrogen and oxygen atoms in total. The van der Waals surface area contributed by atoms with E-state index in [0.29, 0.717) is 6.04 Å². The van der Waals surface area contributed by atoms with E-state index in [4.69, 9.17) is 0 Å². The lowest BCUT2D eigenvalue weighted by Crippen LogP contribution is -2.34. The lowest BCUT2D eigenvalue weighted by Gasteiger charge is -2.17. The summed E-state index contributed by atoms with van der Waals surface area (Å²) in [5, 5.41) is 8.03. The lowest BCUT2D eigenvalue weighted by atomic mass is 10.1. The van der Waals surface area contributed by atoms with Crippen molar-refractivity contribution < 1.29 is 0 Å². The Morgan fingerprint density at radius 3 is 2.76 bits per heavy atom. The molecule has 1 atom stereocenters. The number of nitrogens with zero attached hydrogens (tertiary/aromatic N) is 2. The maximum atomic E-state index is 4.41. The summed E-state index contributed by atoms with van der Waals surface area (Å²) in [7, 11) is 2.03. The molecule has 1 unspecified atom stereocenters. The highest BCUT2D eigenvalue weighted by atomic mass is 32.2. The highest BCUT2D eigenvalue weighted by Gasteiger charge is 2.11. The van der Waals surface area contributed by atoms with Gasteiger partial charge in [-0.1, -0.05) is 13.8 Å². The number of aryl methyl sites for hydroxylation is 2. The van der Waals surface area contributed by atoms with Crippen molar-refractivity contribution in [1.82, 2.24) is 15.1 Å². The van der Waals surface area contributed by atoms with E-state index in [1.807, 2.05) is 23.5 Å². The highest BCUT2D eigenvalue weighted by Crippen LogP contribution is 2.10. The molecule has 0 aliphatic carbocycles. The predicted molar refractivity (Wildman–Crippen MR) is 76.7 cm³/mol. The van der Waals surface area contributed by atoms with Crippen molar-refractivity contribution in [2.24, 2.45) is 7.05 Å². The summed E-state index contributed by atoms with van der Waals surface area (Å²) in [4.78, 5) is 0. The topological polar surface area (TPSA) is 29.9 Å². The Balaban J connectivity index is 2.54. The molecule has 0 amide bonds. The Morgan fingerprint density at radius 1 is 1.47 bits per heavy atom. The van der Waals surface area contributed by atoms with E-state index in [1.165, 1.54) is 23.6 Å². The first-order valence-electron chi connectivity index (χ1n) is 6.48. The van der Waals surface area contributed by atoms with E-state index < -0.39 is 0 Å². The summed E-state index contributed by atoms with van der Waals surface area (Å²) >= 11 is 2.01. The van der Waals surface area contributed by atoms with Crippen LogP contribution >= 0.6 is 11.8 Å². The van der Waals surface area contributed by atoms with Crippen molar-refractivity contribution in [3.8, 4) is 0 Å². The molecule has 0 fully saturated rings. The summed E-state index contributed by atoms with van der Waals surface area (Å²) in [5.41, 5.74) is 2.44. The first-order chi connectivity index (χ1) is 8.17. The molecule has 0 saturated carbocycles. The van der Waals surface area contributed by atoms with Crippen LogP contribution in [0.25, 0.3) is 0 Å². The van der Waals surface area contributed by atoms with E-state index in [2.05, 4.69) is 37.3 Å². The second-order valence-corrected chi connectivity index (χ2v) is 5.73. The molecule has 0 saturated heterocycles. The van der Waals surface area contributed by atoms with E-state index in [0.717, 1.165) is 18.7 Å². The van der Waals surface area contributed by atoms with Crippen LogP contribution in [0.4, 0.5) is 0 Å². The number of hydrogen-bond donors (Lipinski definition) is 1. The fourth-order valence-corrected chi connectivity index (χ4v) is 2.66. The number of aromatic nitrogens is 2. The fourth-order valence-electron chi connectivity index (χ4n) is 1.91. The summed E-state index contributed by atoms with van der Waals surface area (Å²) in [6.45, 7) is 7.59. The average Bonchev–Trinajstić information content (AvgIpc) is 2.61. The van der Waals surface area contributed by atoms with Gasteiger partial charge in [-0.3, -0.25) is 4.68 Å². The molecule has 0 radical (unpaired) electrons. The van der Waals surface area contributed by atoms with E-state index in [1.54, 1.807) is 0 Å². The molecule has 1 N–H and O–H groups in total. The molecule has 17 heavy (non-hydrogen) atoms. The largest absolute Gasteiger partial charge is 0.313 e. The van der Waals surface area contributed by atoms with E-state index in [9.17, 15) is 0 Å². The molecule has 0 spiro atoms. The van der Waals surface area contributed by atoms with Crippen molar-refractivity contribution in [1.29, 1.82) is 0 Å². The first-order valence-corrected chi connectivity index (χ1v) is 7.63. The minimum atomic E-state index is 0.565. The molecular weight excluding hydrogens is 230 g/mol. The maximum absolute atomic E-state index is 4.41. The van der Waals surface area contributed by atoms with Crippen molar-refractivity contribution >= 4 is 11.8 Å². The van der Waals surface area contributed by atoms with Crippen LogP contribution < -0.4 is 5.32 Å². The van der Waals surface area contributed by atoms with Gasteiger partial charge in [-0.25, -0.2) is 0 Å². The first kappa shape index (κ1) is 14.6. The van der Waals surface area contributed by atoms with Crippen molar-refractivity contribution in [3.05, 3.63) is 17.5 Å². The van der Waals surface area contributed by atoms with Gasteiger partial charge in [0.25, 0.3) is 0 Å². The van der Waals surface area contributed by atoms with Gasteiger partial charge in [0.15, 0.2) is 0 Å². The zero-order valence-corrected chi connectivity index (χ0v) is 12.3. The lowest BCUT2D eigenvalue weighted by molar-refractivity contribution is 0.531. The number of rotatable bonds is 8. The third-order valence-corrected chi connectivity index (χ3v) is 3.81. The molecule has 4 heteroatoms. The third kappa shape index (κ3) is 5.13. The predicted octanol–water partition coefficient (Wildman–Crippen LogP) is 2.39. The summed E-state index contributed by atoms with van der Waals surface area (Å²) < 4.78 is 2.01. The SMILES string of the molecule is CCCNC(CSCC)Cc1cc(C)nn1C.